The lowest BCUT2D eigenvalue weighted by molar-refractivity contribution is -0.121. The molecule has 0 saturated heterocycles. The second kappa shape index (κ2) is 8.17. The van der Waals surface area contributed by atoms with Crippen molar-refractivity contribution >= 4 is 11.6 Å². The van der Waals surface area contributed by atoms with Gasteiger partial charge in [-0.2, -0.15) is 0 Å². The molecule has 0 spiro atoms. The van der Waals surface area contributed by atoms with Gasteiger partial charge in [0.1, 0.15) is 5.65 Å². The van der Waals surface area contributed by atoms with Gasteiger partial charge in [-0.25, -0.2) is 4.98 Å². The maximum absolute atomic E-state index is 12.6. The van der Waals surface area contributed by atoms with E-state index in [4.69, 9.17) is 0 Å². The standard InChI is InChI=1S/C22H27N3O/c1-4-5-11-23-22(26)14-19(18-9-7-6-8-17(18)3)20-15-24-21-13-16(2)10-12-25(20)21/h6-10,12-13,15,19H,4-5,11,14H2,1-3H3,(H,23,26). The number of hydrogen-bond acceptors (Lipinski definition) is 2. The molecule has 1 unspecified atom stereocenters. The van der Waals surface area contributed by atoms with Crippen LogP contribution in [0.25, 0.3) is 5.65 Å². The van der Waals surface area contributed by atoms with Gasteiger partial charge in [0.05, 0.1) is 5.69 Å². The minimum atomic E-state index is -0.0180. The SMILES string of the molecule is CCCCNC(=O)CC(c1ccccc1C)c1cnc2cc(C)ccn12. The number of rotatable bonds is 7. The first-order valence-electron chi connectivity index (χ1n) is 9.36. The number of aromatic nitrogens is 2. The third-order valence-corrected chi connectivity index (χ3v) is 4.86. The molecule has 0 bridgehead atoms. The van der Waals surface area contributed by atoms with Crippen LogP contribution in [0.3, 0.4) is 0 Å². The molecule has 0 aliphatic heterocycles. The van der Waals surface area contributed by atoms with Crippen molar-refractivity contribution in [1.29, 1.82) is 0 Å². The van der Waals surface area contributed by atoms with E-state index in [1.807, 2.05) is 24.5 Å². The van der Waals surface area contributed by atoms with Crippen LogP contribution in [0.1, 0.15) is 54.5 Å². The number of carbonyl (C=O) groups excluding carboxylic acids is 1. The van der Waals surface area contributed by atoms with E-state index in [-0.39, 0.29) is 11.8 Å². The summed E-state index contributed by atoms with van der Waals surface area (Å²) in [7, 11) is 0. The number of aryl methyl sites for hydroxylation is 2. The van der Waals surface area contributed by atoms with E-state index in [0.717, 1.165) is 30.7 Å². The predicted octanol–water partition coefficient (Wildman–Crippen LogP) is 4.39. The molecule has 136 valence electrons. The summed E-state index contributed by atoms with van der Waals surface area (Å²) >= 11 is 0. The van der Waals surface area contributed by atoms with Crippen molar-refractivity contribution in [2.75, 3.05) is 6.54 Å². The molecule has 1 atom stereocenters. The number of pyridine rings is 1. The molecule has 0 fully saturated rings. The van der Waals surface area contributed by atoms with E-state index in [0.29, 0.717) is 6.42 Å². The van der Waals surface area contributed by atoms with E-state index < -0.39 is 0 Å². The lowest BCUT2D eigenvalue weighted by atomic mass is 9.89. The summed E-state index contributed by atoms with van der Waals surface area (Å²) in [4.78, 5) is 17.1. The summed E-state index contributed by atoms with van der Waals surface area (Å²) in [6.07, 6.45) is 6.47. The van der Waals surface area contributed by atoms with Crippen LogP contribution in [-0.4, -0.2) is 21.8 Å². The number of benzene rings is 1. The van der Waals surface area contributed by atoms with Crippen molar-refractivity contribution in [2.45, 2.75) is 46.0 Å². The zero-order chi connectivity index (χ0) is 18.5. The van der Waals surface area contributed by atoms with Gasteiger partial charge in [0.15, 0.2) is 0 Å². The number of amides is 1. The molecule has 2 heterocycles. The fraction of sp³-hybridized carbons (Fsp3) is 0.364. The second-order valence-corrected chi connectivity index (χ2v) is 6.93. The first kappa shape index (κ1) is 18.2. The lowest BCUT2D eigenvalue weighted by Gasteiger charge is -2.19. The Hall–Kier alpha value is -2.62. The Morgan fingerprint density at radius 3 is 2.81 bits per heavy atom. The molecule has 26 heavy (non-hydrogen) atoms. The normalized spacial score (nSPS) is 12.3. The van der Waals surface area contributed by atoms with Gasteiger partial charge in [-0.05, 0) is 49.1 Å². The molecule has 0 aliphatic rings. The van der Waals surface area contributed by atoms with Gasteiger partial charge in [0, 0.05) is 31.3 Å². The number of fused-ring (bicyclic) bond motifs is 1. The fourth-order valence-electron chi connectivity index (χ4n) is 3.37. The summed E-state index contributed by atoms with van der Waals surface area (Å²) in [5.74, 6) is 0.0734. The molecule has 3 rings (SSSR count). The largest absolute Gasteiger partial charge is 0.356 e. The quantitative estimate of drug-likeness (QED) is 0.643. The highest BCUT2D eigenvalue weighted by Crippen LogP contribution is 2.31. The van der Waals surface area contributed by atoms with E-state index in [1.54, 1.807) is 0 Å². The van der Waals surface area contributed by atoms with Gasteiger partial charge in [0.25, 0.3) is 0 Å². The van der Waals surface area contributed by atoms with Gasteiger partial charge in [-0.15, -0.1) is 0 Å². The molecule has 4 nitrogen and oxygen atoms in total. The molecule has 1 aromatic carbocycles. The molecular formula is C22H27N3O. The van der Waals surface area contributed by atoms with Crippen molar-refractivity contribution in [1.82, 2.24) is 14.7 Å². The molecule has 0 saturated carbocycles. The molecule has 0 radical (unpaired) electrons. The Morgan fingerprint density at radius 2 is 2.04 bits per heavy atom. The number of unbranched alkanes of at least 4 members (excludes halogenated alkanes) is 1. The summed E-state index contributed by atoms with van der Waals surface area (Å²) in [5, 5.41) is 3.05. The van der Waals surface area contributed by atoms with E-state index in [1.165, 1.54) is 16.7 Å². The number of hydrogen-bond donors (Lipinski definition) is 1. The zero-order valence-corrected chi connectivity index (χ0v) is 15.8. The van der Waals surface area contributed by atoms with Crippen LogP contribution in [0, 0.1) is 13.8 Å². The van der Waals surface area contributed by atoms with Crippen LogP contribution < -0.4 is 5.32 Å². The van der Waals surface area contributed by atoms with Crippen LogP contribution >= 0.6 is 0 Å². The molecular weight excluding hydrogens is 322 g/mol. The van der Waals surface area contributed by atoms with Gasteiger partial charge in [0.2, 0.25) is 5.91 Å². The smallest absolute Gasteiger partial charge is 0.221 e. The van der Waals surface area contributed by atoms with Crippen LogP contribution in [-0.2, 0) is 4.79 Å². The van der Waals surface area contributed by atoms with Crippen LogP contribution in [0.15, 0.2) is 48.8 Å². The summed E-state index contributed by atoms with van der Waals surface area (Å²) in [6.45, 7) is 7.03. The number of carbonyl (C=O) groups is 1. The van der Waals surface area contributed by atoms with Gasteiger partial charge in [-0.1, -0.05) is 37.6 Å². The highest BCUT2D eigenvalue weighted by atomic mass is 16.1. The van der Waals surface area contributed by atoms with Crippen molar-refractivity contribution < 1.29 is 4.79 Å². The maximum Gasteiger partial charge on any atom is 0.221 e. The average Bonchev–Trinajstić information content (AvgIpc) is 3.03. The third-order valence-electron chi connectivity index (χ3n) is 4.86. The van der Waals surface area contributed by atoms with Gasteiger partial charge >= 0.3 is 0 Å². The maximum atomic E-state index is 12.6. The highest BCUT2D eigenvalue weighted by Gasteiger charge is 2.23. The Balaban J connectivity index is 1.97. The van der Waals surface area contributed by atoms with E-state index in [2.05, 4.69) is 59.7 Å². The van der Waals surface area contributed by atoms with Crippen molar-refractivity contribution in [3.63, 3.8) is 0 Å². The highest BCUT2D eigenvalue weighted by molar-refractivity contribution is 5.77. The van der Waals surface area contributed by atoms with Gasteiger partial charge < -0.3 is 9.72 Å². The van der Waals surface area contributed by atoms with Crippen molar-refractivity contribution in [2.24, 2.45) is 0 Å². The third kappa shape index (κ3) is 3.96. The Bertz CT molecular complexity index is 897. The summed E-state index contributed by atoms with van der Waals surface area (Å²) in [6, 6.07) is 12.4. The Morgan fingerprint density at radius 1 is 1.23 bits per heavy atom. The van der Waals surface area contributed by atoms with Crippen molar-refractivity contribution in [3.05, 3.63) is 71.2 Å². The topological polar surface area (TPSA) is 46.4 Å². The van der Waals surface area contributed by atoms with Crippen molar-refractivity contribution in [3.8, 4) is 0 Å². The lowest BCUT2D eigenvalue weighted by Crippen LogP contribution is -2.26. The molecule has 2 aromatic heterocycles. The minimum absolute atomic E-state index is 0.0180. The van der Waals surface area contributed by atoms with Crippen LogP contribution in [0.2, 0.25) is 0 Å². The molecule has 0 aliphatic carbocycles. The zero-order valence-electron chi connectivity index (χ0n) is 15.8. The van der Waals surface area contributed by atoms with Crippen LogP contribution in [0.5, 0.6) is 0 Å². The summed E-state index contributed by atoms with van der Waals surface area (Å²) < 4.78 is 2.10. The first-order valence-corrected chi connectivity index (χ1v) is 9.36. The van der Waals surface area contributed by atoms with Crippen LogP contribution in [0.4, 0.5) is 0 Å². The minimum Gasteiger partial charge on any atom is -0.356 e. The predicted molar refractivity (Wildman–Crippen MR) is 105 cm³/mol. The molecule has 1 N–H and O–H groups in total. The first-order chi connectivity index (χ1) is 12.6. The second-order valence-electron chi connectivity index (χ2n) is 6.93. The number of imidazole rings is 1. The molecule has 4 heteroatoms. The number of nitrogens with zero attached hydrogens (tertiary/aromatic N) is 2. The monoisotopic (exact) mass is 349 g/mol. The average molecular weight is 349 g/mol. The Labute approximate surface area is 155 Å². The van der Waals surface area contributed by atoms with E-state index >= 15 is 0 Å². The summed E-state index contributed by atoms with van der Waals surface area (Å²) in [5.41, 5.74) is 5.53. The number of nitrogens with one attached hydrogen (secondary N) is 1. The molecule has 1 amide bonds. The molecule has 3 aromatic rings. The fourth-order valence-corrected chi connectivity index (χ4v) is 3.37. The Kier molecular flexibility index (Phi) is 5.71. The van der Waals surface area contributed by atoms with E-state index in [9.17, 15) is 4.79 Å². The van der Waals surface area contributed by atoms with Gasteiger partial charge in [-0.3, -0.25) is 4.79 Å².